The van der Waals surface area contributed by atoms with Gasteiger partial charge < -0.3 is 4.74 Å². The standard InChI is InChI=1S/C11H15N3O2/c1-4-8-9(11(15)16-7(2)3)10-12-5-6-14(10)13-8/h5-7,13H,4H2,1-3H3. The van der Waals surface area contributed by atoms with Crippen molar-refractivity contribution in [1.29, 1.82) is 0 Å². The zero-order chi connectivity index (χ0) is 11.7. The van der Waals surface area contributed by atoms with Crippen LogP contribution in [0.15, 0.2) is 12.4 Å². The van der Waals surface area contributed by atoms with Gasteiger partial charge in [-0.05, 0) is 20.3 Å². The molecule has 16 heavy (non-hydrogen) atoms. The molecule has 5 heteroatoms. The van der Waals surface area contributed by atoms with E-state index in [9.17, 15) is 4.79 Å². The number of carbonyl (C=O) groups excluding carboxylic acids is 1. The minimum Gasteiger partial charge on any atom is -0.459 e. The predicted molar refractivity (Wildman–Crippen MR) is 59.5 cm³/mol. The number of aryl methyl sites for hydroxylation is 1. The van der Waals surface area contributed by atoms with Gasteiger partial charge in [-0.3, -0.25) is 5.10 Å². The highest BCUT2D eigenvalue weighted by Gasteiger charge is 2.20. The highest BCUT2D eigenvalue weighted by atomic mass is 16.5. The number of ether oxygens (including phenoxy) is 1. The summed E-state index contributed by atoms with van der Waals surface area (Å²) in [5, 5.41) is 3.10. The van der Waals surface area contributed by atoms with Gasteiger partial charge in [-0.2, -0.15) is 0 Å². The van der Waals surface area contributed by atoms with E-state index in [4.69, 9.17) is 4.74 Å². The number of hydrogen-bond acceptors (Lipinski definition) is 3. The second kappa shape index (κ2) is 4.00. The Kier molecular flexibility index (Phi) is 2.68. The van der Waals surface area contributed by atoms with Gasteiger partial charge in [0.25, 0.3) is 0 Å². The van der Waals surface area contributed by atoms with Crippen molar-refractivity contribution in [2.75, 3.05) is 0 Å². The lowest BCUT2D eigenvalue weighted by molar-refractivity contribution is 0.0379. The van der Waals surface area contributed by atoms with Crippen LogP contribution in [0.4, 0.5) is 0 Å². The van der Waals surface area contributed by atoms with Gasteiger partial charge in [0.2, 0.25) is 0 Å². The molecule has 0 amide bonds. The van der Waals surface area contributed by atoms with E-state index in [-0.39, 0.29) is 12.1 Å². The Bertz CT molecular complexity index is 510. The number of carbonyl (C=O) groups is 1. The summed E-state index contributed by atoms with van der Waals surface area (Å²) in [5.74, 6) is -0.315. The Morgan fingerprint density at radius 2 is 2.38 bits per heavy atom. The summed E-state index contributed by atoms with van der Waals surface area (Å²) in [6.07, 6.45) is 4.05. The minimum atomic E-state index is -0.315. The lowest BCUT2D eigenvalue weighted by Crippen LogP contribution is -2.13. The normalized spacial score (nSPS) is 11.2. The van der Waals surface area contributed by atoms with Crippen LogP contribution in [-0.4, -0.2) is 26.7 Å². The van der Waals surface area contributed by atoms with Crippen LogP contribution in [-0.2, 0) is 11.2 Å². The number of nitrogens with one attached hydrogen (secondary N) is 1. The average molecular weight is 221 g/mol. The molecule has 0 aromatic carbocycles. The summed E-state index contributed by atoms with van der Waals surface area (Å²) >= 11 is 0. The van der Waals surface area contributed by atoms with Gasteiger partial charge in [-0.25, -0.2) is 14.3 Å². The predicted octanol–water partition coefficient (Wildman–Crippen LogP) is 1.79. The summed E-state index contributed by atoms with van der Waals surface area (Å²) < 4.78 is 6.93. The van der Waals surface area contributed by atoms with E-state index in [1.165, 1.54) is 0 Å². The highest BCUT2D eigenvalue weighted by Crippen LogP contribution is 2.16. The number of aromatic nitrogens is 3. The SMILES string of the molecule is CCc1[nH]n2ccnc2c1C(=O)OC(C)C. The zero-order valence-corrected chi connectivity index (χ0v) is 9.65. The molecular weight excluding hydrogens is 206 g/mol. The average Bonchev–Trinajstić information content (AvgIpc) is 2.73. The van der Waals surface area contributed by atoms with Crippen molar-refractivity contribution in [3.63, 3.8) is 0 Å². The fourth-order valence-corrected chi connectivity index (χ4v) is 1.66. The molecule has 0 atom stereocenters. The molecule has 0 saturated heterocycles. The number of imidazole rings is 1. The number of aromatic amines is 1. The first-order valence-corrected chi connectivity index (χ1v) is 5.38. The maximum absolute atomic E-state index is 11.9. The monoisotopic (exact) mass is 221 g/mol. The fourth-order valence-electron chi connectivity index (χ4n) is 1.66. The molecule has 1 N–H and O–H groups in total. The van der Waals surface area contributed by atoms with Gasteiger partial charge in [0, 0.05) is 12.4 Å². The molecule has 2 aromatic heterocycles. The van der Waals surface area contributed by atoms with Crippen molar-refractivity contribution < 1.29 is 9.53 Å². The third-order valence-corrected chi connectivity index (χ3v) is 2.32. The van der Waals surface area contributed by atoms with Gasteiger partial charge in [0.15, 0.2) is 5.65 Å². The van der Waals surface area contributed by atoms with E-state index in [0.717, 1.165) is 12.1 Å². The van der Waals surface area contributed by atoms with Crippen molar-refractivity contribution in [3.8, 4) is 0 Å². The third kappa shape index (κ3) is 1.68. The van der Waals surface area contributed by atoms with Gasteiger partial charge in [-0.15, -0.1) is 0 Å². The topological polar surface area (TPSA) is 59.4 Å². The molecule has 5 nitrogen and oxygen atoms in total. The van der Waals surface area contributed by atoms with Crippen molar-refractivity contribution in [1.82, 2.24) is 14.6 Å². The smallest absolute Gasteiger partial charge is 0.344 e. The van der Waals surface area contributed by atoms with Gasteiger partial charge in [-0.1, -0.05) is 6.92 Å². The summed E-state index contributed by atoms with van der Waals surface area (Å²) in [6.45, 7) is 5.65. The van der Waals surface area contributed by atoms with Crippen molar-refractivity contribution >= 4 is 11.6 Å². The molecule has 0 bridgehead atoms. The third-order valence-electron chi connectivity index (χ3n) is 2.32. The quantitative estimate of drug-likeness (QED) is 0.804. The summed E-state index contributed by atoms with van der Waals surface area (Å²) in [4.78, 5) is 16.1. The van der Waals surface area contributed by atoms with Crippen LogP contribution < -0.4 is 0 Å². The number of rotatable bonds is 3. The van der Waals surface area contributed by atoms with E-state index in [0.29, 0.717) is 11.2 Å². The molecule has 0 aliphatic heterocycles. The Hall–Kier alpha value is -1.78. The molecule has 0 saturated carbocycles. The van der Waals surface area contributed by atoms with Gasteiger partial charge in [0.05, 0.1) is 11.8 Å². The Labute approximate surface area is 93.4 Å². The lowest BCUT2D eigenvalue weighted by atomic mass is 10.2. The fraction of sp³-hybridized carbons (Fsp3) is 0.455. The highest BCUT2D eigenvalue weighted by molar-refractivity contribution is 5.97. The largest absolute Gasteiger partial charge is 0.459 e. The van der Waals surface area contributed by atoms with Gasteiger partial charge >= 0.3 is 5.97 Å². The first-order valence-electron chi connectivity index (χ1n) is 5.38. The number of esters is 1. The second-order valence-electron chi connectivity index (χ2n) is 3.89. The van der Waals surface area contributed by atoms with E-state index in [1.54, 1.807) is 16.9 Å². The Morgan fingerprint density at radius 3 is 3.00 bits per heavy atom. The Balaban J connectivity index is 2.47. The van der Waals surface area contributed by atoms with Crippen LogP contribution in [0.1, 0.15) is 36.8 Å². The van der Waals surface area contributed by atoms with E-state index < -0.39 is 0 Å². The maximum Gasteiger partial charge on any atom is 0.344 e. The summed E-state index contributed by atoms with van der Waals surface area (Å²) in [5.41, 5.74) is 2.03. The van der Waals surface area contributed by atoms with Crippen molar-refractivity contribution in [3.05, 3.63) is 23.7 Å². The molecule has 0 aliphatic rings. The molecule has 86 valence electrons. The molecule has 0 aliphatic carbocycles. The van der Waals surface area contributed by atoms with E-state index >= 15 is 0 Å². The van der Waals surface area contributed by atoms with Crippen molar-refractivity contribution in [2.45, 2.75) is 33.3 Å². The van der Waals surface area contributed by atoms with Gasteiger partial charge in [0.1, 0.15) is 5.56 Å². The van der Waals surface area contributed by atoms with Crippen LogP contribution in [0.25, 0.3) is 5.65 Å². The Morgan fingerprint density at radius 1 is 1.62 bits per heavy atom. The number of nitrogens with zero attached hydrogens (tertiary/aromatic N) is 2. The lowest BCUT2D eigenvalue weighted by Gasteiger charge is -2.07. The molecule has 0 unspecified atom stereocenters. The molecule has 0 fully saturated rings. The number of fused-ring (bicyclic) bond motifs is 1. The first-order chi connectivity index (χ1) is 7.63. The molecule has 0 spiro atoms. The summed E-state index contributed by atoms with van der Waals surface area (Å²) in [7, 11) is 0. The van der Waals surface area contributed by atoms with E-state index in [2.05, 4.69) is 10.1 Å². The molecular formula is C11H15N3O2. The molecule has 0 radical (unpaired) electrons. The first kappa shape index (κ1) is 10.7. The van der Waals surface area contributed by atoms with Crippen LogP contribution >= 0.6 is 0 Å². The second-order valence-corrected chi connectivity index (χ2v) is 3.89. The van der Waals surface area contributed by atoms with E-state index in [1.807, 2.05) is 20.8 Å². The summed E-state index contributed by atoms with van der Waals surface area (Å²) in [6, 6.07) is 0. The molecule has 2 heterocycles. The van der Waals surface area contributed by atoms with Crippen LogP contribution in [0.5, 0.6) is 0 Å². The maximum atomic E-state index is 11.9. The zero-order valence-electron chi connectivity index (χ0n) is 9.65. The van der Waals surface area contributed by atoms with Crippen LogP contribution in [0.3, 0.4) is 0 Å². The number of H-pyrrole nitrogens is 1. The molecule has 2 rings (SSSR count). The molecule has 2 aromatic rings. The number of hydrogen-bond donors (Lipinski definition) is 1. The van der Waals surface area contributed by atoms with Crippen molar-refractivity contribution in [2.24, 2.45) is 0 Å². The minimum absolute atomic E-state index is 0.123. The van der Waals surface area contributed by atoms with Crippen LogP contribution in [0.2, 0.25) is 0 Å². The van der Waals surface area contributed by atoms with Crippen LogP contribution in [0, 0.1) is 0 Å².